The Kier molecular flexibility index (Phi) is 5.00. The highest BCUT2D eigenvalue weighted by molar-refractivity contribution is 6.03. The topological polar surface area (TPSA) is 50.0 Å². The van der Waals surface area contributed by atoms with Gasteiger partial charge in [0, 0.05) is 17.3 Å². The summed E-state index contributed by atoms with van der Waals surface area (Å²) in [7, 11) is 0. The molecule has 4 nitrogen and oxygen atoms in total. The molecule has 3 aromatic rings. The summed E-state index contributed by atoms with van der Waals surface area (Å²) < 4.78 is 1.72. The van der Waals surface area contributed by atoms with Gasteiger partial charge in [-0.25, -0.2) is 0 Å². The standard InChI is InChI=1S/C21H18N2O2/c1-16-9-11-17(12-10-16)20(24)15-23-13-5-6-18(14-23)21(25)22-19-7-3-2-4-8-19/h2-14H,15H2,1H3/p+1. The van der Waals surface area contributed by atoms with E-state index < -0.39 is 0 Å². The van der Waals surface area contributed by atoms with Crippen LogP contribution in [-0.2, 0) is 6.54 Å². The number of aryl methyl sites for hydroxylation is 1. The van der Waals surface area contributed by atoms with Crippen LogP contribution >= 0.6 is 0 Å². The Labute approximate surface area is 146 Å². The molecule has 0 bridgehead atoms. The van der Waals surface area contributed by atoms with E-state index in [0.29, 0.717) is 11.1 Å². The lowest BCUT2D eigenvalue weighted by atomic mass is 10.1. The predicted molar refractivity (Wildman–Crippen MR) is 96.5 cm³/mol. The smallest absolute Gasteiger partial charge is 0.261 e. The Balaban J connectivity index is 1.71. The molecule has 0 aliphatic carbocycles. The van der Waals surface area contributed by atoms with Gasteiger partial charge in [-0.1, -0.05) is 48.0 Å². The average molecular weight is 331 g/mol. The molecular formula is C21H19N2O2+. The van der Waals surface area contributed by atoms with E-state index in [1.807, 2.05) is 61.5 Å². The van der Waals surface area contributed by atoms with E-state index in [1.165, 1.54) is 0 Å². The maximum Gasteiger partial charge on any atom is 0.261 e. The molecule has 0 fully saturated rings. The summed E-state index contributed by atoms with van der Waals surface area (Å²) in [6.07, 6.45) is 3.47. The van der Waals surface area contributed by atoms with Gasteiger partial charge < -0.3 is 5.32 Å². The van der Waals surface area contributed by atoms with Crippen molar-refractivity contribution in [2.45, 2.75) is 13.5 Å². The monoisotopic (exact) mass is 331 g/mol. The maximum absolute atomic E-state index is 12.4. The summed E-state index contributed by atoms with van der Waals surface area (Å²) in [6, 6.07) is 20.3. The molecule has 124 valence electrons. The van der Waals surface area contributed by atoms with E-state index in [1.54, 1.807) is 29.1 Å². The van der Waals surface area contributed by atoms with Crippen molar-refractivity contribution in [3.8, 4) is 0 Å². The van der Waals surface area contributed by atoms with Gasteiger partial charge in [-0.15, -0.1) is 0 Å². The van der Waals surface area contributed by atoms with Crippen LogP contribution in [0.25, 0.3) is 0 Å². The quantitative estimate of drug-likeness (QED) is 0.575. The number of ketones is 1. The minimum Gasteiger partial charge on any atom is -0.322 e. The van der Waals surface area contributed by atoms with Gasteiger partial charge in [0.05, 0.1) is 0 Å². The van der Waals surface area contributed by atoms with Crippen LogP contribution in [0.4, 0.5) is 5.69 Å². The van der Waals surface area contributed by atoms with Crippen molar-refractivity contribution in [1.29, 1.82) is 0 Å². The summed E-state index contributed by atoms with van der Waals surface area (Å²) in [5.74, 6) is -0.200. The van der Waals surface area contributed by atoms with Crippen LogP contribution in [0, 0.1) is 6.92 Å². The van der Waals surface area contributed by atoms with E-state index >= 15 is 0 Å². The van der Waals surface area contributed by atoms with Crippen molar-refractivity contribution in [3.63, 3.8) is 0 Å². The average Bonchev–Trinajstić information content (AvgIpc) is 2.63. The van der Waals surface area contributed by atoms with Crippen LogP contribution in [0.5, 0.6) is 0 Å². The molecule has 0 unspecified atom stereocenters. The fraction of sp³-hybridized carbons (Fsp3) is 0.0952. The molecule has 0 atom stereocenters. The van der Waals surface area contributed by atoms with E-state index in [9.17, 15) is 9.59 Å². The zero-order chi connectivity index (χ0) is 17.6. The van der Waals surface area contributed by atoms with Gasteiger partial charge in [0.1, 0.15) is 5.56 Å². The molecule has 1 amide bonds. The van der Waals surface area contributed by atoms with Crippen LogP contribution in [0.1, 0.15) is 26.3 Å². The molecule has 2 aromatic carbocycles. The molecule has 3 rings (SSSR count). The molecule has 0 radical (unpaired) electrons. The zero-order valence-electron chi connectivity index (χ0n) is 14.0. The summed E-state index contributed by atoms with van der Waals surface area (Å²) in [5.41, 5.74) is 3.02. The van der Waals surface area contributed by atoms with Crippen LogP contribution in [0.15, 0.2) is 79.1 Å². The first-order chi connectivity index (χ1) is 12.1. The number of aromatic nitrogens is 1. The van der Waals surface area contributed by atoms with Crippen molar-refractivity contribution in [2.75, 3.05) is 5.32 Å². The van der Waals surface area contributed by atoms with E-state index in [4.69, 9.17) is 0 Å². The van der Waals surface area contributed by atoms with E-state index in [2.05, 4.69) is 5.32 Å². The molecule has 4 heteroatoms. The lowest BCUT2D eigenvalue weighted by molar-refractivity contribution is -0.683. The van der Waals surface area contributed by atoms with E-state index in [-0.39, 0.29) is 18.2 Å². The molecule has 0 saturated carbocycles. The molecule has 25 heavy (non-hydrogen) atoms. The fourth-order valence-corrected chi connectivity index (χ4v) is 2.48. The molecule has 1 N–H and O–H groups in total. The summed E-state index contributed by atoms with van der Waals surface area (Å²) >= 11 is 0. The minimum absolute atomic E-state index is 0.00520. The number of rotatable bonds is 5. The molecule has 1 aromatic heterocycles. The van der Waals surface area contributed by atoms with Crippen LogP contribution in [0.2, 0.25) is 0 Å². The Morgan fingerprint density at radius 2 is 1.60 bits per heavy atom. The molecule has 0 aliphatic rings. The summed E-state index contributed by atoms with van der Waals surface area (Å²) in [5, 5.41) is 2.84. The SMILES string of the molecule is Cc1ccc(C(=O)C[n+]2cccc(C(=O)Nc3ccccc3)c2)cc1. The van der Waals surface area contributed by atoms with Gasteiger partial charge in [0.15, 0.2) is 12.4 Å². The Bertz CT molecular complexity index is 887. The molecule has 0 spiro atoms. The number of amides is 1. The number of anilines is 1. The molecular weight excluding hydrogens is 312 g/mol. The second-order valence-corrected chi connectivity index (χ2v) is 5.87. The van der Waals surface area contributed by atoms with Crippen molar-refractivity contribution in [1.82, 2.24) is 0 Å². The van der Waals surface area contributed by atoms with Crippen LogP contribution < -0.4 is 9.88 Å². The number of Topliss-reactive ketones (excluding diaryl/α,β-unsaturated/α-hetero) is 1. The summed E-state index contributed by atoms with van der Waals surface area (Å²) in [6.45, 7) is 2.17. The largest absolute Gasteiger partial charge is 0.322 e. The first-order valence-corrected chi connectivity index (χ1v) is 8.07. The normalized spacial score (nSPS) is 10.3. The number of carbonyl (C=O) groups excluding carboxylic acids is 2. The van der Waals surface area contributed by atoms with E-state index in [0.717, 1.165) is 11.3 Å². The molecule has 0 aliphatic heterocycles. The maximum atomic E-state index is 12.4. The molecule has 1 heterocycles. The van der Waals surface area contributed by atoms with Crippen molar-refractivity contribution < 1.29 is 14.2 Å². The lowest BCUT2D eigenvalue weighted by Crippen LogP contribution is -2.38. The number of benzene rings is 2. The van der Waals surface area contributed by atoms with Gasteiger partial charge in [-0.3, -0.25) is 9.59 Å². The van der Waals surface area contributed by atoms with Crippen molar-refractivity contribution >= 4 is 17.4 Å². The lowest BCUT2D eigenvalue weighted by Gasteiger charge is -2.04. The van der Waals surface area contributed by atoms with Crippen molar-refractivity contribution in [3.05, 3.63) is 95.8 Å². The third-order valence-corrected chi connectivity index (χ3v) is 3.85. The number of hydrogen-bond acceptors (Lipinski definition) is 2. The fourth-order valence-electron chi connectivity index (χ4n) is 2.48. The van der Waals surface area contributed by atoms with Crippen molar-refractivity contribution in [2.24, 2.45) is 0 Å². The Morgan fingerprint density at radius 1 is 0.880 bits per heavy atom. The van der Waals surface area contributed by atoms with Gasteiger partial charge in [-0.2, -0.15) is 4.57 Å². The number of para-hydroxylation sites is 1. The van der Waals surface area contributed by atoms with Gasteiger partial charge in [0.25, 0.3) is 5.91 Å². The van der Waals surface area contributed by atoms with Crippen LogP contribution in [0.3, 0.4) is 0 Å². The zero-order valence-corrected chi connectivity index (χ0v) is 14.0. The van der Waals surface area contributed by atoms with Gasteiger partial charge in [0.2, 0.25) is 12.3 Å². The molecule has 0 saturated heterocycles. The summed E-state index contributed by atoms with van der Waals surface area (Å²) in [4.78, 5) is 24.7. The highest BCUT2D eigenvalue weighted by Crippen LogP contribution is 2.08. The second kappa shape index (κ2) is 7.53. The first-order valence-electron chi connectivity index (χ1n) is 8.07. The Hall–Kier alpha value is -3.27. The van der Waals surface area contributed by atoms with Gasteiger partial charge >= 0.3 is 0 Å². The second-order valence-electron chi connectivity index (χ2n) is 5.87. The highest BCUT2D eigenvalue weighted by atomic mass is 16.1. The third kappa shape index (κ3) is 4.38. The number of nitrogens with zero attached hydrogens (tertiary/aromatic N) is 1. The minimum atomic E-state index is -0.205. The first kappa shape index (κ1) is 16.6. The number of hydrogen-bond donors (Lipinski definition) is 1. The third-order valence-electron chi connectivity index (χ3n) is 3.85. The highest BCUT2D eigenvalue weighted by Gasteiger charge is 2.15. The number of nitrogens with one attached hydrogen (secondary N) is 1. The van der Waals surface area contributed by atoms with Gasteiger partial charge in [-0.05, 0) is 25.1 Å². The number of carbonyl (C=O) groups is 2. The van der Waals surface area contributed by atoms with Crippen LogP contribution in [-0.4, -0.2) is 11.7 Å². The Morgan fingerprint density at radius 3 is 2.32 bits per heavy atom. The predicted octanol–water partition coefficient (Wildman–Crippen LogP) is 3.42. The number of pyridine rings is 1.